The number of rotatable bonds is 3. The third-order valence-electron chi connectivity index (χ3n) is 5.74. The molecule has 0 aliphatic carbocycles. The van der Waals surface area contributed by atoms with Crippen molar-refractivity contribution in [2.24, 2.45) is 0 Å². The van der Waals surface area contributed by atoms with E-state index in [1.54, 1.807) is 9.80 Å². The maximum absolute atomic E-state index is 13.0. The number of amides is 2. The van der Waals surface area contributed by atoms with Crippen LogP contribution in [0.15, 0.2) is 48.5 Å². The Hall–Kier alpha value is -2.87. The summed E-state index contributed by atoms with van der Waals surface area (Å²) in [6.45, 7) is 0.824. The van der Waals surface area contributed by atoms with Gasteiger partial charge in [-0.2, -0.15) is 13.2 Å². The standard InChI is InChI=1S/C23H23F3N2O3/c24-23(25,26)18-10-8-17(9-11-18)20-14-27(12-13-31-20)22(30)15-28-19-6-2-1-4-16(19)5-3-7-21(28)29/h1-2,4,6,8-11,20H,3,5,7,12-15H2. The van der Waals surface area contributed by atoms with Crippen LogP contribution in [0.25, 0.3) is 0 Å². The molecule has 0 radical (unpaired) electrons. The van der Waals surface area contributed by atoms with Crippen LogP contribution < -0.4 is 4.90 Å². The van der Waals surface area contributed by atoms with E-state index in [9.17, 15) is 22.8 Å². The van der Waals surface area contributed by atoms with Gasteiger partial charge in [0.25, 0.3) is 0 Å². The van der Waals surface area contributed by atoms with Crippen LogP contribution in [-0.4, -0.2) is 43.0 Å². The van der Waals surface area contributed by atoms with Crippen LogP contribution in [0.1, 0.15) is 35.6 Å². The number of ether oxygens (including phenoxy) is 1. The second kappa shape index (κ2) is 8.70. The highest BCUT2D eigenvalue weighted by Gasteiger charge is 2.32. The SMILES string of the molecule is O=C(CN1C(=O)CCCc2ccccc21)N1CCOC(c2ccc(C(F)(F)F)cc2)C1. The van der Waals surface area contributed by atoms with E-state index in [2.05, 4.69) is 0 Å². The predicted octanol–water partition coefficient (Wildman–Crippen LogP) is 3.97. The summed E-state index contributed by atoms with van der Waals surface area (Å²) in [5.41, 5.74) is 1.68. The molecule has 1 unspecified atom stereocenters. The number of carbonyl (C=O) groups excluding carboxylic acids is 2. The van der Waals surface area contributed by atoms with Crippen LogP contribution in [0.2, 0.25) is 0 Å². The van der Waals surface area contributed by atoms with Crippen molar-refractivity contribution in [1.29, 1.82) is 0 Å². The monoisotopic (exact) mass is 432 g/mol. The van der Waals surface area contributed by atoms with Crippen molar-refractivity contribution >= 4 is 17.5 Å². The van der Waals surface area contributed by atoms with Crippen molar-refractivity contribution in [2.75, 3.05) is 31.1 Å². The lowest BCUT2D eigenvalue weighted by Gasteiger charge is -2.34. The Morgan fingerprint density at radius 1 is 1.06 bits per heavy atom. The first-order chi connectivity index (χ1) is 14.8. The maximum atomic E-state index is 13.0. The first-order valence-corrected chi connectivity index (χ1v) is 10.3. The van der Waals surface area contributed by atoms with Gasteiger partial charge in [-0.3, -0.25) is 9.59 Å². The van der Waals surface area contributed by atoms with Gasteiger partial charge in [0.2, 0.25) is 11.8 Å². The molecule has 0 N–H and O–H groups in total. The fourth-order valence-electron chi connectivity index (χ4n) is 4.06. The molecule has 2 amide bonds. The molecule has 0 spiro atoms. The summed E-state index contributed by atoms with van der Waals surface area (Å²) in [7, 11) is 0. The molecule has 1 saturated heterocycles. The second-order valence-corrected chi connectivity index (χ2v) is 7.78. The van der Waals surface area contributed by atoms with Gasteiger partial charge >= 0.3 is 6.18 Å². The minimum Gasteiger partial charge on any atom is -0.370 e. The summed E-state index contributed by atoms with van der Waals surface area (Å²) >= 11 is 0. The van der Waals surface area contributed by atoms with Crippen LogP contribution >= 0.6 is 0 Å². The maximum Gasteiger partial charge on any atom is 0.416 e. The molecule has 164 valence electrons. The lowest BCUT2D eigenvalue weighted by molar-refractivity contribution is -0.138. The number of benzene rings is 2. The average Bonchev–Trinajstić information content (AvgIpc) is 2.92. The molecule has 2 aliphatic heterocycles. The number of morpholine rings is 1. The van der Waals surface area contributed by atoms with Crippen molar-refractivity contribution in [3.05, 3.63) is 65.2 Å². The highest BCUT2D eigenvalue weighted by atomic mass is 19.4. The molecule has 2 aliphatic rings. The molecule has 0 saturated carbocycles. The number of halogens is 3. The van der Waals surface area contributed by atoms with Gasteiger partial charge in [-0.15, -0.1) is 0 Å². The Labute approximate surface area is 178 Å². The summed E-state index contributed by atoms with van der Waals surface area (Å²) in [5.74, 6) is -0.281. The molecule has 8 heteroatoms. The van der Waals surface area contributed by atoms with E-state index >= 15 is 0 Å². The summed E-state index contributed by atoms with van der Waals surface area (Å²) in [6.07, 6.45) is -2.98. The second-order valence-electron chi connectivity index (χ2n) is 7.78. The number of nitrogens with zero attached hydrogens (tertiary/aromatic N) is 2. The third-order valence-corrected chi connectivity index (χ3v) is 5.74. The Morgan fingerprint density at radius 3 is 2.55 bits per heavy atom. The molecule has 1 atom stereocenters. The average molecular weight is 432 g/mol. The van der Waals surface area contributed by atoms with Gasteiger partial charge in [-0.25, -0.2) is 0 Å². The molecular weight excluding hydrogens is 409 g/mol. The molecule has 1 fully saturated rings. The van der Waals surface area contributed by atoms with E-state index in [1.807, 2.05) is 24.3 Å². The Kier molecular flexibility index (Phi) is 6.00. The van der Waals surface area contributed by atoms with Gasteiger partial charge in [0, 0.05) is 18.7 Å². The third kappa shape index (κ3) is 4.74. The molecule has 31 heavy (non-hydrogen) atoms. The number of aryl methyl sites for hydroxylation is 1. The zero-order chi connectivity index (χ0) is 22.0. The van der Waals surface area contributed by atoms with E-state index in [4.69, 9.17) is 4.74 Å². The normalized spacial score (nSPS) is 19.7. The number of hydrogen-bond acceptors (Lipinski definition) is 3. The van der Waals surface area contributed by atoms with E-state index in [0.29, 0.717) is 18.5 Å². The van der Waals surface area contributed by atoms with Gasteiger partial charge < -0.3 is 14.5 Å². The zero-order valence-corrected chi connectivity index (χ0v) is 16.9. The molecule has 2 aromatic carbocycles. The smallest absolute Gasteiger partial charge is 0.370 e. The first kappa shape index (κ1) is 21.4. The highest BCUT2D eigenvalue weighted by Crippen LogP contribution is 2.31. The van der Waals surface area contributed by atoms with E-state index in [0.717, 1.165) is 36.2 Å². The fourth-order valence-corrected chi connectivity index (χ4v) is 4.06. The van der Waals surface area contributed by atoms with Crippen molar-refractivity contribution in [1.82, 2.24) is 4.90 Å². The fraction of sp³-hybridized carbons (Fsp3) is 0.391. The van der Waals surface area contributed by atoms with Crippen LogP contribution in [0.3, 0.4) is 0 Å². The topological polar surface area (TPSA) is 49.9 Å². The highest BCUT2D eigenvalue weighted by molar-refractivity contribution is 5.99. The van der Waals surface area contributed by atoms with Crippen LogP contribution in [-0.2, 0) is 26.9 Å². The molecule has 2 heterocycles. The van der Waals surface area contributed by atoms with Crippen LogP contribution in [0.4, 0.5) is 18.9 Å². The number of para-hydroxylation sites is 1. The lowest BCUT2D eigenvalue weighted by Crippen LogP contribution is -2.48. The summed E-state index contributed by atoms with van der Waals surface area (Å²) < 4.78 is 44.1. The number of alkyl halides is 3. The zero-order valence-electron chi connectivity index (χ0n) is 16.9. The minimum atomic E-state index is -4.40. The Bertz CT molecular complexity index is 959. The number of hydrogen-bond donors (Lipinski definition) is 0. The predicted molar refractivity (Wildman–Crippen MR) is 108 cm³/mol. The molecular formula is C23H23F3N2O3. The quantitative estimate of drug-likeness (QED) is 0.738. The number of fused-ring (bicyclic) bond motifs is 1. The molecule has 5 nitrogen and oxygen atoms in total. The summed E-state index contributed by atoms with van der Waals surface area (Å²) in [5, 5.41) is 0. The molecule has 2 aromatic rings. The van der Waals surface area contributed by atoms with Gasteiger partial charge in [-0.1, -0.05) is 30.3 Å². The molecule has 0 bridgehead atoms. The largest absolute Gasteiger partial charge is 0.416 e. The summed E-state index contributed by atoms with van der Waals surface area (Å²) in [6, 6.07) is 12.4. The minimum absolute atomic E-state index is 0.0599. The first-order valence-electron chi connectivity index (χ1n) is 10.3. The Balaban J connectivity index is 1.46. The van der Waals surface area contributed by atoms with Gasteiger partial charge in [0.15, 0.2) is 0 Å². The van der Waals surface area contributed by atoms with Crippen molar-refractivity contribution in [3.63, 3.8) is 0 Å². The van der Waals surface area contributed by atoms with Gasteiger partial charge in [-0.05, 0) is 42.2 Å². The lowest BCUT2D eigenvalue weighted by atomic mass is 10.0. The van der Waals surface area contributed by atoms with Crippen LogP contribution in [0, 0.1) is 0 Å². The van der Waals surface area contributed by atoms with E-state index in [-0.39, 0.29) is 31.5 Å². The van der Waals surface area contributed by atoms with Crippen molar-refractivity contribution in [2.45, 2.75) is 31.5 Å². The number of carbonyl (C=O) groups is 2. The summed E-state index contributed by atoms with van der Waals surface area (Å²) in [4.78, 5) is 28.8. The number of anilines is 1. The van der Waals surface area contributed by atoms with E-state index < -0.39 is 17.8 Å². The van der Waals surface area contributed by atoms with Crippen molar-refractivity contribution in [3.8, 4) is 0 Å². The van der Waals surface area contributed by atoms with E-state index in [1.165, 1.54) is 12.1 Å². The van der Waals surface area contributed by atoms with Crippen LogP contribution in [0.5, 0.6) is 0 Å². The molecule has 0 aromatic heterocycles. The van der Waals surface area contributed by atoms with Gasteiger partial charge in [0.1, 0.15) is 12.6 Å². The molecule has 4 rings (SSSR count). The van der Waals surface area contributed by atoms with Gasteiger partial charge in [0.05, 0.1) is 18.7 Å². The Morgan fingerprint density at radius 2 is 1.81 bits per heavy atom. The van der Waals surface area contributed by atoms with Crippen molar-refractivity contribution < 1.29 is 27.5 Å².